The van der Waals surface area contributed by atoms with Crippen molar-refractivity contribution in [3.8, 4) is 0 Å². The number of aliphatic hydroxyl groups excluding tert-OH is 1. The van der Waals surface area contributed by atoms with Crippen LogP contribution in [0.4, 0.5) is 0 Å². The fourth-order valence-electron chi connectivity index (χ4n) is 1.86. The fourth-order valence-corrected chi connectivity index (χ4v) is 1.86. The lowest BCUT2D eigenvalue weighted by Gasteiger charge is -2.22. The molecule has 1 aliphatic rings. The van der Waals surface area contributed by atoms with Gasteiger partial charge < -0.3 is 14.6 Å². The Morgan fingerprint density at radius 1 is 1.53 bits per heavy atom. The molecule has 17 heavy (non-hydrogen) atoms. The molecule has 4 heteroatoms. The van der Waals surface area contributed by atoms with Gasteiger partial charge in [0, 0.05) is 6.42 Å². The van der Waals surface area contributed by atoms with Gasteiger partial charge in [0.05, 0.1) is 5.56 Å². The van der Waals surface area contributed by atoms with E-state index in [0.717, 1.165) is 0 Å². The molecule has 0 amide bonds. The van der Waals surface area contributed by atoms with Crippen molar-refractivity contribution >= 4 is 5.97 Å². The highest BCUT2D eigenvalue weighted by Gasteiger charge is 2.36. The number of benzene rings is 1. The van der Waals surface area contributed by atoms with E-state index in [-0.39, 0.29) is 12.6 Å². The second-order valence-electron chi connectivity index (χ2n) is 4.50. The summed E-state index contributed by atoms with van der Waals surface area (Å²) in [7, 11) is 0. The van der Waals surface area contributed by atoms with E-state index in [9.17, 15) is 9.90 Å². The van der Waals surface area contributed by atoms with Crippen LogP contribution in [0.3, 0.4) is 0 Å². The minimum atomic E-state index is -0.740. The van der Waals surface area contributed by atoms with Gasteiger partial charge in [-0.2, -0.15) is 0 Å². The molecule has 0 bridgehead atoms. The normalized spacial score (nSPS) is 28.0. The standard InChI is InChI=1S/C13H16O4/c1-13(8-7-11(14)17-13)9-16-12(15)10-5-3-2-4-6-10/h2-6,11,14H,7-9H2,1H3. The van der Waals surface area contributed by atoms with Crippen LogP contribution in [0.5, 0.6) is 0 Å². The second kappa shape index (κ2) is 4.85. The monoisotopic (exact) mass is 236 g/mol. The summed E-state index contributed by atoms with van der Waals surface area (Å²) in [6, 6.07) is 8.82. The van der Waals surface area contributed by atoms with Crippen molar-refractivity contribution in [3.63, 3.8) is 0 Å². The van der Waals surface area contributed by atoms with Crippen molar-refractivity contribution < 1.29 is 19.4 Å². The summed E-state index contributed by atoms with van der Waals surface area (Å²) >= 11 is 0. The van der Waals surface area contributed by atoms with Crippen LogP contribution in [-0.2, 0) is 9.47 Å². The Balaban J connectivity index is 1.89. The molecular weight excluding hydrogens is 220 g/mol. The van der Waals surface area contributed by atoms with E-state index in [2.05, 4.69) is 0 Å². The number of hydrogen-bond acceptors (Lipinski definition) is 4. The molecule has 0 spiro atoms. The van der Waals surface area contributed by atoms with E-state index in [1.807, 2.05) is 13.0 Å². The van der Waals surface area contributed by atoms with Crippen LogP contribution < -0.4 is 0 Å². The average molecular weight is 236 g/mol. The molecule has 2 rings (SSSR count). The van der Waals surface area contributed by atoms with Crippen molar-refractivity contribution in [1.82, 2.24) is 0 Å². The first-order valence-electron chi connectivity index (χ1n) is 5.67. The summed E-state index contributed by atoms with van der Waals surface area (Å²) in [5.41, 5.74) is -0.0428. The average Bonchev–Trinajstić information content (AvgIpc) is 2.68. The summed E-state index contributed by atoms with van der Waals surface area (Å²) in [4.78, 5) is 11.7. The molecule has 1 N–H and O–H groups in total. The Morgan fingerprint density at radius 2 is 2.24 bits per heavy atom. The summed E-state index contributed by atoms with van der Waals surface area (Å²) < 4.78 is 10.5. The SMILES string of the molecule is CC1(COC(=O)c2ccccc2)CCC(O)O1. The molecule has 1 aromatic rings. The van der Waals surface area contributed by atoms with Crippen LogP contribution in [0.15, 0.2) is 30.3 Å². The first kappa shape index (κ1) is 12.1. The highest BCUT2D eigenvalue weighted by molar-refractivity contribution is 5.89. The van der Waals surface area contributed by atoms with Gasteiger partial charge in [-0.3, -0.25) is 0 Å². The minimum absolute atomic E-state index is 0.164. The number of ether oxygens (including phenoxy) is 2. The number of carbonyl (C=O) groups excluding carboxylic acids is 1. The molecule has 4 nitrogen and oxygen atoms in total. The summed E-state index contributed by atoms with van der Waals surface area (Å²) in [6.45, 7) is 2.00. The van der Waals surface area contributed by atoms with Gasteiger partial charge in [0.25, 0.3) is 0 Å². The van der Waals surface area contributed by atoms with Crippen LogP contribution >= 0.6 is 0 Å². The molecule has 1 aromatic carbocycles. The third kappa shape index (κ3) is 3.05. The number of aliphatic hydroxyl groups is 1. The lowest BCUT2D eigenvalue weighted by Crippen LogP contribution is -2.32. The van der Waals surface area contributed by atoms with Gasteiger partial charge in [0.1, 0.15) is 12.2 Å². The molecule has 1 fully saturated rings. The Labute approximate surface area is 100 Å². The molecule has 2 unspecified atom stereocenters. The number of esters is 1. The largest absolute Gasteiger partial charge is 0.459 e. The molecular formula is C13H16O4. The van der Waals surface area contributed by atoms with Crippen LogP contribution in [0.2, 0.25) is 0 Å². The van der Waals surface area contributed by atoms with E-state index in [4.69, 9.17) is 9.47 Å². The van der Waals surface area contributed by atoms with E-state index in [1.165, 1.54) is 0 Å². The van der Waals surface area contributed by atoms with Crippen LogP contribution in [0.1, 0.15) is 30.1 Å². The summed E-state index contributed by atoms with van der Waals surface area (Å²) in [5, 5.41) is 9.28. The Bertz CT molecular complexity index is 390. The van der Waals surface area contributed by atoms with Crippen LogP contribution in [0.25, 0.3) is 0 Å². The van der Waals surface area contributed by atoms with E-state index < -0.39 is 11.9 Å². The first-order valence-corrected chi connectivity index (χ1v) is 5.67. The maximum Gasteiger partial charge on any atom is 0.338 e. The van der Waals surface area contributed by atoms with Gasteiger partial charge in [-0.1, -0.05) is 18.2 Å². The lowest BCUT2D eigenvalue weighted by molar-refractivity contribution is -0.145. The molecule has 0 saturated carbocycles. The zero-order chi connectivity index (χ0) is 12.3. The minimum Gasteiger partial charge on any atom is -0.459 e. The maximum absolute atomic E-state index is 11.7. The van der Waals surface area contributed by atoms with E-state index in [1.54, 1.807) is 24.3 Å². The van der Waals surface area contributed by atoms with Gasteiger partial charge >= 0.3 is 5.97 Å². The molecule has 0 radical (unpaired) electrons. The fraction of sp³-hybridized carbons (Fsp3) is 0.462. The molecule has 1 aliphatic heterocycles. The van der Waals surface area contributed by atoms with Gasteiger partial charge in [0.2, 0.25) is 0 Å². The Kier molecular flexibility index (Phi) is 3.45. The second-order valence-corrected chi connectivity index (χ2v) is 4.50. The molecule has 0 aromatic heterocycles. The maximum atomic E-state index is 11.7. The Hall–Kier alpha value is -1.39. The zero-order valence-electron chi connectivity index (χ0n) is 9.76. The van der Waals surface area contributed by atoms with Crippen molar-refractivity contribution in [2.45, 2.75) is 31.7 Å². The van der Waals surface area contributed by atoms with Crippen molar-refractivity contribution in [3.05, 3.63) is 35.9 Å². The molecule has 0 aliphatic carbocycles. The van der Waals surface area contributed by atoms with E-state index >= 15 is 0 Å². The third-order valence-electron chi connectivity index (χ3n) is 2.86. The number of hydrogen-bond donors (Lipinski definition) is 1. The highest BCUT2D eigenvalue weighted by Crippen LogP contribution is 2.29. The van der Waals surface area contributed by atoms with Crippen molar-refractivity contribution in [1.29, 1.82) is 0 Å². The van der Waals surface area contributed by atoms with Crippen molar-refractivity contribution in [2.24, 2.45) is 0 Å². The Morgan fingerprint density at radius 3 is 2.82 bits per heavy atom. The topological polar surface area (TPSA) is 55.8 Å². The molecule has 1 heterocycles. The quantitative estimate of drug-likeness (QED) is 0.812. The molecule has 2 atom stereocenters. The van der Waals surface area contributed by atoms with Crippen LogP contribution in [0, 0.1) is 0 Å². The summed E-state index contributed by atoms with van der Waals surface area (Å²) in [5.74, 6) is -0.364. The lowest BCUT2D eigenvalue weighted by atomic mass is 10.0. The molecule has 92 valence electrons. The van der Waals surface area contributed by atoms with Crippen molar-refractivity contribution in [2.75, 3.05) is 6.61 Å². The summed E-state index contributed by atoms with van der Waals surface area (Å²) in [6.07, 6.45) is 0.533. The van der Waals surface area contributed by atoms with E-state index in [0.29, 0.717) is 18.4 Å². The number of rotatable bonds is 3. The molecule has 1 saturated heterocycles. The van der Waals surface area contributed by atoms with Gasteiger partial charge in [-0.05, 0) is 25.5 Å². The number of carbonyl (C=O) groups is 1. The van der Waals surface area contributed by atoms with Gasteiger partial charge in [-0.25, -0.2) is 4.79 Å². The van der Waals surface area contributed by atoms with Gasteiger partial charge in [-0.15, -0.1) is 0 Å². The van der Waals surface area contributed by atoms with Crippen LogP contribution in [-0.4, -0.2) is 29.6 Å². The smallest absolute Gasteiger partial charge is 0.338 e. The third-order valence-corrected chi connectivity index (χ3v) is 2.86. The first-order chi connectivity index (χ1) is 8.09. The predicted molar refractivity (Wildman–Crippen MR) is 61.5 cm³/mol. The predicted octanol–water partition coefficient (Wildman–Crippen LogP) is 1.73. The highest BCUT2D eigenvalue weighted by atomic mass is 16.6. The zero-order valence-corrected chi connectivity index (χ0v) is 9.76. The van der Waals surface area contributed by atoms with Gasteiger partial charge in [0.15, 0.2) is 6.29 Å².